The summed E-state index contributed by atoms with van der Waals surface area (Å²) in [5.74, 6) is -0.735. The molecule has 0 saturated heterocycles. The summed E-state index contributed by atoms with van der Waals surface area (Å²) >= 11 is 0. The SMILES string of the molecule is C=C(C)COCCC[Si](O[Si](C)(C)CCCC(=O)O)([Si](C)(C)O[Si](C)(C)C)[Si](C)(C)O[Si](C)(C)C. The van der Waals surface area contributed by atoms with E-state index in [1.165, 1.54) is 0 Å². The molecule has 0 aliphatic carbocycles. The minimum Gasteiger partial charge on any atom is -0.481 e. The van der Waals surface area contributed by atoms with Crippen molar-refractivity contribution in [3.63, 3.8) is 0 Å². The van der Waals surface area contributed by atoms with Crippen molar-refractivity contribution in [1.82, 2.24) is 0 Å². The minimum absolute atomic E-state index is 0.196. The fourth-order valence-electron chi connectivity index (χ4n) is 5.18. The fourth-order valence-corrected chi connectivity index (χ4v) is 72.3. The number of carboxylic acids is 1. The lowest BCUT2D eigenvalue weighted by atomic mass is 10.3. The molecule has 0 aromatic carbocycles. The van der Waals surface area contributed by atoms with Gasteiger partial charge in [-0.1, -0.05) is 12.2 Å². The highest BCUT2D eigenvalue weighted by molar-refractivity contribution is 7.66. The van der Waals surface area contributed by atoms with Crippen LogP contribution in [-0.2, 0) is 21.9 Å². The van der Waals surface area contributed by atoms with E-state index < -0.39 is 53.9 Å². The van der Waals surface area contributed by atoms with E-state index in [0.717, 1.165) is 24.1 Å². The molecule has 0 bridgehead atoms. The summed E-state index contributed by atoms with van der Waals surface area (Å²) in [7, 11) is -13.0. The third kappa shape index (κ3) is 13.1. The van der Waals surface area contributed by atoms with E-state index in [4.69, 9.17) is 17.1 Å². The quantitative estimate of drug-likeness (QED) is 0.102. The summed E-state index contributed by atoms with van der Waals surface area (Å²) in [5.41, 5.74) is 1.03. The van der Waals surface area contributed by atoms with Crippen LogP contribution >= 0.6 is 0 Å². The van der Waals surface area contributed by atoms with E-state index in [-0.39, 0.29) is 6.42 Å². The molecule has 12 heteroatoms. The molecule has 0 unspecified atom stereocenters. The smallest absolute Gasteiger partial charge is 0.303 e. The molecule has 0 aromatic rings. The van der Waals surface area contributed by atoms with Gasteiger partial charge < -0.3 is 22.2 Å². The van der Waals surface area contributed by atoms with Crippen LogP contribution in [0.15, 0.2) is 12.2 Å². The Bertz CT molecular complexity index is 670. The van der Waals surface area contributed by atoms with Gasteiger partial charge in [0.1, 0.15) is 0 Å². The van der Waals surface area contributed by atoms with Gasteiger partial charge in [0.15, 0.2) is 40.6 Å². The average molecular weight is 597 g/mol. The standard InChI is InChI=1S/C23H56O6Si6/c1-22(2)21-26-18-16-20-35(33(11,12)27-30(3,4)5,34(13,14)28-31(6,7)8)29-32(9,10)19-15-17-23(24)25/h1,15-21H2,2-14H3,(H,24,25). The van der Waals surface area contributed by atoms with Crippen molar-refractivity contribution in [1.29, 1.82) is 0 Å². The topological polar surface area (TPSA) is 74.2 Å². The van der Waals surface area contributed by atoms with E-state index in [1.807, 2.05) is 6.92 Å². The second-order valence-corrected chi connectivity index (χ2v) is 50.2. The highest BCUT2D eigenvalue weighted by Gasteiger charge is 2.66. The second-order valence-electron chi connectivity index (χ2n) is 13.5. The van der Waals surface area contributed by atoms with Gasteiger partial charge in [0.25, 0.3) is 0 Å². The predicted molar refractivity (Wildman–Crippen MR) is 165 cm³/mol. The molecule has 0 spiro atoms. The summed E-state index contributed by atoms with van der Waals surface area (Å²) in [6.07, 6.45) is 1.78. The van der Waals surface area contributed by atoms with Crippen LogP contribution in [0.2, 0.25) is 90.7 Å². The van der Waals surface area contributed by atoms with Crippen molar-refractivity contribution in [2.24, 2.45) is 0 Å². The molecule has 0 atom stereocenters. The average Bonchev–Trinajstić information content (AvgIpc) is 2.54. The van der Waals surface area contributed by atoms with Crippen LogP contribution in [0.4, 0.5) is 0 Å². The van der Waals surface area contributed by atoms with Gasteiger partial charge in [0, 0.05) is 13.0 Å². The molecule has 0 radical (unpaired) electrons. The van der Waals surface area contributed by atoms with Gasteiger partial charge in [-0.3, -0.25) is 4.79 Å². The molecule has 0 amide bonds. The lowest BCUT2D eigenvalue weighted by molar-refractivity contribution is -0.137. The van der Waals surface area contributed by atoms with Gasteiger partial charge >= 0.3 is 5.97 Å². The maximum Gasteiger partial charge on any atom is 0.303 e. The number of carboxylic acid groups (broad SMARTS) is 1. The summed E-state index contributed by atoms with van der Waals surface area (Å²) in [4.78, 5) is 11.2. The maximum atomic E-state index is 11.2. The van der Waals surface area contributed by atoms with Crippen LogP contribution in [0, 0.1) is 0 Å². The molecule has 0 saturated carbocycles. The first-order chi connectivity index (χ1) is 15.5. The number of hydrogen-bond acceptors (Lipinski definition) is 5. The lowest BCUT2D eigenvalue weighted by Gasteiger charge is -2.56. The Labute approximate surface area is 222 Å². The fraction of sp³-hybridized carbons (Fsp3) is 0.870. The van der Waals surface area contributed by atoms with Gasteiger partial charge in [-0.15, -0.1) is 0 Å². The van der Waals surface area contributed by atoms with E-state index >= 15 is 0 Å². The van der Waals surface area contributed by atoms with Crippen LogP contribution in [0.1, 0.15) is 26.2 Å². The Morgan fingerprint density at radius 2 is 1.20 bits per heavy atom. The Hall–Kier alpha value is 0.351. The molecule has 0 rings (SSSR count). The molecular formula is C23H56O6Si6. The van der Waals surface area contributed by atoms with Crippen molar-refractivity contribution in [2.75, 3.05) is 13.2 Å². The Morgan fingerprint density at radius 1 is 0.743 bits per heavy atom. The molecular weight excluding hydrogens is 541 g/mol. The first-order valence-electron chi connectivity index (χ1n) is 13.0. The summed E-state index contributed by atoms with van der Waals surface area (Å²) in [5, 5.41) is 9.21. The van der Waals surface area contributed by atoms with Gasteiger partial charge in [-0.05, 0) is 110 Å². The largest absolute Gasteiger partial charge is 0.481 e. The molecule has 0 heterocycles. The van der Waals surface area contributed by atoms with Crippen molar-refractivity contribution >= 4 is 53.9 Å². The molecule has 0 aliphatic heterocycles. The second kappa shape index (κ2) is 13.4. The van der Waals surface area contributed by atoms with Gasteiger partial charge in [-0.2, -0.15) is 0 Å². The van der Waals surface area contributed by atoms with Gasteiger partial charge in [0.05, 0.1) is 6.61 Å². The van der Waals surface area contributed by atoms with Crippen molar-refractivity contribution < 1.29 is 27.0 Å². The zero-order valence-corrected chi connectivity index (χ0v) is 31.1. The lowest BCUT2D eigenvalue weighted by Crippen LogP contribution is -2.81. The monoisotopic (exact) mass is 596 g/mol. The zero-order valence-electron chi connectivity index (χ0n) is 25.1. The molecule has 0 fully saturated rings. The van der Waals surface area contributed by atoms with E-state index in [9.17, 15) is 9.90 Å². The first kappa shape index (κ1) is 35.4. The zero-order chi connectivity index (χ0) is 27.9. The highest BCUT2D eigenvalue weighted by atomic mass is 29.7. The van der Waals surface area contributed by atoms with Crippen LogP contribution in [0.25, 0.3) is 0 Å². The van der Waals surface area contributed by atoms with Crippen LogP contribution < -0.4 is 0 Å². The van der Waals surface area contributed by atoms with E-state index in [0.29, 0.717) is 19.6 Å². The summed E-state index contributed by atoms with van der Waals surface area (Å²) < 4.78 is 27.8. The number of aliphatic carboxylic acids is 1. The Kier molecular flexibility index (Phi) is 13.6. The van der Waals surface area contributed by atoms with Gasteiger partial charge in [0.2, 0.25) is 7.35 Å². The molecule has 35 heavy (non-hydrogen) atoms. The number of ether oxygens (including phenoxy) is 1. The Balaban J connectivity index is 6.52. The van der Waals surface area contributed by atoms with Crippen LogP contribution in [-0.4, -0.2) is 72.3 Å². The molecule has 0 aliphatic rings. The van der Waals surface area contributed by atoms with Crippen LogP contribution in [0.3, 0.4) is 0 Å². The molecule has 208 valence electrons. The minimum atomic E-state index is -2.55. The summed E-state index contributed by atoms with van der Waals surface area (Å²) in [6, 6.07) is 1.82. The maximum absolute atomic E-state index is 11.2. The third-order valence-corrected chi connectivity index (χ3v) is 52.6. The van der Waals surface area contributed by atoms with Crippen molar-refractivity contribution in [3.05, 3.63) is 12.2 Å². The molecule has 0 aromatic heterocycles. The van der Waals surface area contributed by atoms with Crippen LogP contribution in [0.5, 0.6) is 0 Å². The number of rotatable bonds is 18. The van der Waals surface area contributed by atoms with Gasteiger partial charge in [-0.25, -0.2) is 0 Å². The first-order valence-corrected chi connectivity index (χ1v) is 32.9. The summed E-state index contributed by atoms with van der Waals surface area (Å²) in [6.45, 7) is 35.0. The number of carbonyl (C=O) groups is 1. The highest BCUT2D eigenvalue weighted by Crippen LogP contribution is 2.41. The normalized spacial score (nSPS) is 14.3. The Morgan fingerprint density at radius 3 is 1.57 bits per heavy atom. The van der Waals surface area contributed by atoms with E-state index in [1.54, 1.807) is 0 Å². The van der Waals surface area contributed by atoms with Crippen molar-refractivity contribution in [2.45, 2.75) is 117 Å². The third-order valence-electron chi connectivity index (χ3n) is 5.85. The molecule has 6 nitrogen and oxygen atoms in total. The molecule has 1 N–H and O–H groups in total. The predicted octanol–water partition coefficient (Wildman–Crippen LogP) is 7.27. The van der Waals surface area contributed by atoms with Crippen molar-refractivity contribution in [3.8, 4) is 0 Å². The number of hydrogen-bond donors (Lipinski definition) is 1. The van der Waals surface area contributed by atoms with E-state index in [2.05, 4.69) is 85.1 Å².